The maximum atomic E-state index is 12.7. The third kappa shape index (κ3) is 4.30. The van der Waals surface area contributed by atoms with Gasteiger partial charge in [-0.25, -0.2) is 0 Å². The van der Waals surface area contributed by atoms with E-state index in [-0.39, 0.29) is 5.82 Å². The minimum absolute atomic E-state index is 0.248. The van der Waals surface area contributed by atoms with Crippen LogP contribution in [-0.2, 0) is 18.3 Å². The minimum atomic E-state index is -4.38. The summed E-state index contributed by atoms with van der Waals surface area (Å²) in [7, 11) is 0. The molecule has 2 aromatic heterocycles. The van der Waals surface area contributed by atoms with Gasteiger partial charge in [-0.15, -0.1) is 0 Å². The smallest absolute Gasteiger partial charge is 0.385 e. The molecule has 0 atom stereocenters. The van der Waals surface area contributed by atoms with E-state index >= 15 is 0 Å². The van der Waals surface area contributed by atoms with Crippen molar-refractivity contribution in [3.05, 3.63) is 65.8 Å². The molecule has 6 nitrogen and oxygen atoms in total. The number of alkyl halides is 3. The van der Waals surface area contributed by atoms with E-state index in [1.54, 1.807) is 18.5 Å². The number of likely N-dealkylation sites (tertiary alicyclic amines) is 1. The second kappa shape index (κ2) is 7.57. The number of nitrogens with zero attached hydrogens (tertiary/aromatic N) is 4. The van der Waals surface area contributed by atoms with Crippen molar-refractivity contribution in [3.63, 3.8) is 0 Å². The van der Waals surface area contributed by atoms with Gasteiger partial charge in [-0.05, 0) is 31.0 Å². The van der Waals surface area contributed by atoms with Gasteiger partial charge in [0.15, 0.2) is 0 Å². The van der Waals surface area contributed by atoms with Crippen LogP contribution >= 0.6 is 0 Å². The lowest BCUT2D eigenvalue weighted by Gasteiger charge is -2.37. The Balaban J connectivity index is 1.38. The van der Waals surface area contributed by atoms with Crippen LogP contribution in [0.3, 0.4) is 0 Å². The van der Waals surface area contributed by atoms with Crippen LogP contribution in [-0.4, -0.2) is 38.2 Å². The summed E-state index contributed by atoms with van der Waals surface area (Å²) in [6, 6.07) is 8.32. The fourth-order valence-electron chi connectivity index (χ4n) is 3.44. The lowest BCUT2D eigenvalue weighted by Crippen LogP contribution is -2.42. The molecule has 1 aromatic carbocycles. The molecule has 0 saturated carbocycles. The summed E-state index contributed by atoms with van der Waals surface area (Å²) in [5.74, 6) is 0.629. The highest BCUT2D eigenvalue weighted by Crippen LogP contribution is 2.33. The zero-order valence-electron chi connectivity index (χ0n) is 15.4. The Hall–Kier alpha value is -2.78. The first-order valence-corrected chi connectivity index (χ1v) is 9.19. The Labute approximate surface area is 165 Å². The number of aromatic nitrogens is 3. The van der Waals surface area contributed by atoms with Crippen LogP contribution in [0.15, 0.2) is 53.3 Å². The summed E-state index contributed by atoms with van der Waals surface area (Å²) in [5, 5.41) is 14.7. The molecule has 152 valence electrons. The molecule has 1 aliphatic heterocycles. The van der Waals surface area contributed by atoms with Crippen LogP contribution in [0, 0.1) is 0 Å². The maximum absolute atomic E-state index is 12.7. The van der Waals surface area contributed by atoms with Gasteiger partial charge in [0, 0.05) is 36.6 Å². The highest BCUT2D eigenvalue weighted by atomic mass is 19.4. The Bertz CT molecular complexity index is 950. The van der Waals surface area contributed by atoms with Gasteiger partial charge in [-0.3, -0.25) is 9.88 Å². The maximum Gasteiger partial charge on any atom is 0.416 e. The number of benzene rings is 1. The van der Waals surface area contributed by atoms with Crippen LogP contribution in [0.4, 0.5) is 13.2 Å². The first-order chi connectivity index (χ1) is 13.8. The van der Waals surface area contributed by atoms with E-state index in [1.165, 1.54) is 12.1 Å². The molecule has 0 amide bonds. The monoisotopic (exact) mass is 404 g/mol. The number of piperidine rings is 1. The van der Waals surface area contributed by atoms with Gasteiger partial charge in [0.25, 0.3) is 0 Å². The van der Waals surface area contributed by atoms with Gasteiger partial charge in [0.05, 0.1) is 17.7 Å². The average Bonchev–Trinajstić information content (AvgIpc) is 3.19. The van der Waals surface area contributed by atoms with Crippen molar-refractivity contribution in [2.24, 2.45) is 0 Å². The molecule has 0 radical (unpaired) electrons. The largest absolute Gasteiger partial charge is 0.416 e. The van der Waals surface area contributed by atoms with Gasteiger partial charge in [-0.2, -0.15) is 18.2 Å². The molecule has 1 fully saturated rings. The summed E-state index contributed by atoms with van der Waals surface area (Å²) in [6.07, 6.45) is 0.0833. The SMILES string of the molecule is OC1(c2cccnc2)CCN(Cc2nc(-c3ccc(C(F)(F)F)cc3)no2)CC1. The molecule has 0 spiro atoms. The summed E-state index contributed by atoms with van der Waals surface area (Å²) in [4.78, 5) is 10.5. The van der Waals surface area contributed by atoms with Crippen molar-refractivity contribution in [1.82, 2.24) is 20.0 Å². The van der Waals surface area contributed by atoms with Gasteiger partial charge in [0.1, 0.15) is 0 Å². The molecular formula is C20H19F3N4O2. The first kappa shape index (κ1) is 19.5. The van der Waals surface area contributed by atoms with Gasteiger partial charge in [0.2, 0.25) is 11.7 Å². The molecule has 0 aliphatic carbocycles. The van der Waals surface area contributed by atoms with Crippen molar-refractivity contribution >= 4 is 0 Å². The third-order valence-electron chi connectivity index (χ3n) is 5.18. The fraction of sp³-hybridized carbons (Fsp3) is 0.350. The van der Waals surface area contributed by atoms with Crippen molar-refractivity contribution in [2.75, 3.05) is 13.1 Å². The molecule has 0 unspecified atom stereocenters. The number of hydrogen-bond acceptors (Lipinski definition) is 6. The molecule has 3 aromatic rings. The van der Waals surface area contributed by atoms with E-state index in [4.69, 9.17) is 4.52 Å². The van der Waals surface area contributed by atoms with Crippen molar-refractivity contribution in [2.45, 2.75) is 31.2 Å². The van der Waals surface area contributed by atoms with Crippen LogP contribution in [0.25, 0.3) is 11.4 Å². The highest BCUT2D eigenvalue weighted by Gasteiger charge is 2.34. The average molecular weight is 404 g/mol. The van der Waals surface area contributed by atoms with Crippen LogP contribution in [0.2, 0.25) is 0 Å². The lowest BCUT2D eigenvalue weighted by molar-refractivity contribution is -0.137. The summed E-state index contributed by atoms with van der Waals surface area (Å²) < 4.78 is 43.3. The van der Waals surface area contributed by atoms with Crippen LogP contribution in [0.5, 0.6) is 0 Å². The fourth-order valence-corrected chi connectivity index (χ4v) is 3.44. The number of hydrogen-bond donors (Lipinski definition) is 1. The van der Waals surface area contributed by atoms with E-state index in [0.29, 0.717) is 43.9 Å². The van der Waals surface area contributed by atoms with Gasteiger partial charge in [-0.1, -0.05) is 23.4 Å². The lowest BCUT2D eigenvalue weighted by atomic mass is 9.85. The minimum Gasteiger partial charge on any atom is -0.385 e. The van der Waals surface area contributed by atoms with E-state index in [9.17, 15) is 18.3 Å². The summed E-state index contributed by atoms with van der Waals surface area (Å²) in [5.41, 5.74) is -0.357. The Morgan fingerprint density at radius 2 is 1.83 bits per heavy atom. The molecule has 1 saturated heterocycles. The molecule has 1 N–H and O–H groups in total. The summed E-state index contributed by atoms with van der Waals surface area (Å²) >= 11 is 0. The number of aliphatic hydroxyl groups is 1. The predicted molar refractivity (Wildman–Crippen MR) is 97.4 cm³/mol. The molecule has 29 heavy (non-hydrogen) atoms. The van der Waals surface area contributed by atoms with Crippen molar-refractivity contribution in [1.29, 1.82) is 0 Å². The van der Waals surface area contributed by atoms with Gasteiger partial charge >= 0.3 is 6.18 Å². The molecule has 0 bridgehead atoms. The van der Waals surface area contributed by atoms with Crippen LogP contribution in [0.1, 0.15) is 29.9 Å². The Kier molecular flexibility index (Phi) is 5.10. The topological polar surface area (TPSA) is 75.3 Å². The zero-order chi connectivity index (χ0) is 20.5. The van der Waals surface area contributed by atoms with Crippen molar-refractivity contribution < 1.29 is 22.8 Å². The van der Waals surface area contributed by atoms with E-state index < -0.39 is 17.3 Å². The molecular weight excluding hydrogens is 385 g/mol. The Morgan fingerprint density at radius 3 is 2.45 bits per heavy atom. The van der Waals surface area contributed by atoms with E-state index in [2.05, 4.69) is 20.0 Å². The zero-order valence-corrected chi connectivity index (χ0v) is 15.4. The van der Waals surface area contributed by atoms with Crippen molar-refractivity contribution in [3.8, 4) is 11.4 Å². The van der Waals surface area contributed by atoms with Crippen LogP contribution < -0.4 is 0 Å². The third-order valence-corrected chi connectivity index (χ3v) is 5.18. The molecule has 1 aliphatic rings. The Morgan fingerprint density at radius 1 is 1.10 bits per heavy atom. The first-order valence-electron chi connectivity index (χ1n) is 9.19. The standard InChI is InChI=1S/C20H19F3N4O2/c21-20(22,23)15-5-3-14(4-6-15)18-25-17(29-26-18)13-27-10-7-19(28,8-11-27)16-2-1-9-24-12-16/h1-6,9,12,28H,7-8,10-11,13H2. The number of rotatable bonds is 4. The highest BCUT2D eigenvalue weighted by molar-refractivity contribution is 5.54. The quantitative estimate of drug-likeness (QED) is 0.716. The number of halogens is 3. The normalized spacial score (nSPS) is 17.4. The molecule has 9 heteroatoms. The molecule has 4 rings (SSSR count). The van der Waals surface area contributed by atoms with Gasteiger partial charge < -0.3 is 9.63 Å². The summed E-state index contributed by atoms with van der Waals surface area (Å²) in [6.45, 7) is 1.70. The molecule has 3 heterocycles. The van der Waals surface area contributed by atoms with E-state index in [1.807, 2.05) is 6.07 Å². The van der Waals surface area contributed by atoms with E-state index in [0.717, 1.165) is 17.7 Å². The number of pyridine rings is 1. The second-order valence-corrected chi connectivity index (χ2v) is 7.14. The predicted octanol–water partition coefficient (Wildman–Crippen LogP) is 3.63. The second-order valence-electron chi connectivity index (χ2n) is 7.14.